The molecule has 22 heavy (non-hydrogen) atoms. The molecule has 4 nitrogen and oxygen atoms in total. The van der Waals surface area contributed by atoms with Gasteiger partial charge in [-0.05, 0) is 25.0 Å². The summed E-state index contributed by atoms with van der Waals surface area (Å²) in [6, 6.07) is 7.49. The molecule has 1 atom stereocenters. The first kappa shape index (κ1) is 17.0. The number of benzene rings is 1. The Morgan fingerprint density at radius 3 is 2.45 bits per heavy atom. The van der Waals surface area contributed by atoms with Gasteiger partial charge in [-0.25, -0.2) is 0 Å². The zero-order valence-electron chi connectivity index (χ0n) is 12.8. The molecule has 0 saturated heterocycles. The number of amides is 1. The summed E-state index contributed by atoms with van der Waals surface area (Å²) in [7, 11) is 0. The highest BCUT2D eigenvalue weighted by Gasteiger charge is 2.27. The number of carbonyl (C=O) groups is 2. The second kappa shape index (κ2) is 8.32. The maximum Gasteiger partial charge on any atom is 0.306 e. The van der Waals surface area contributed by atoms with Crippen molar-refractivity contribution in [1.82, 2.24) is 5.32 Å². The Balaban J connectivity index is 2.10. The molecular weight excluding hydrogens is 346 g/mol. The van der Waals surface area contributed by atoms with Crippen LogP contribution in [0.4, 0.5) is 0 Å². The van der Waals surface area contributed by atoms with Crippen LogP contribution in [0.15, 0.2) is 28.7 Å². The Kier molecular flexibility index (Phi) is 6.43. The van der Waals surface area contributed by atoms with Crippen LogP contribution in [0, 0.1) is 0 Å². The van der Waals surface area contributed by atoms with Crippen molar-refractivity contribution in [3.05, 3.63) is 34.3 Å². The molecule has 5 heteroatoms. The second-order valence-electron chi connectivity index (χ2n) is 5.62. The number of nitrogens with one attached hydrogen (secondary N) is 1. The van der Waals surface area contributed by atoms with Crippen LogP contribution < -0.4 is 5.32 Å². The van der Waals surface area contributed by atoms with Crippen LogP contribution in [0.1, 0.15) is 57.1 Å². The lowest BCUT2D eigenvalue weighted by Crippen LogP contribution is -2.40. The summed E-state index contributed by atoms with van der Waals surface area (Å²) in [5.41, 5.74) is 0.693. The van der Waals surface area contributed by atoms with Crippen molar-refractivity contribution in [3.8, 4) is 0 Å². The fourth-order valence-electron chi connectivity index (χ4n) is 2.65. The van der Waals surface area contributed by atoms with Gasteiger partial charge in [-0.1, -0.05) is 54.2 Å². The largest absolute Gasteiger partial charge is 0.447 e. The fraction of sp³-hybridized carbons (Fsp3) is 0.529. The van der Waals surface area contributed by atoms with E-state index in [0.29, 0.717) is 5.56 Å². The summed E-state index contributed by atoms with van der Waals surface area (Å²) >= 11 is 3.37. The standard InChI is InChI=1S/C17H22BrNO3/c1-2-15(20)22-16(12-8-10-13(18)11-9-12)17(21)19-14-6-4-3-5-7-14/h8-11,14,16H,2-7H2,1H3,(H,19,21). The summed E-state index contributed by atoms with van der Waals surface area (Å²) in [4.78, 5) is 24.2. The van der Waals surface area contributed by atoms with Crippen LogP contribution in [0.25, 0.3) is 0 Å². The Bertz CT molecular complexity index is 509. The predicted molar refractivity (Wildman–Crippen MR) is 88.3 cm³/mol. The van der Waals surface area contributed by atoms with Gasteiger partial charge in [0.25, 0.3) is 5.91 Å². The number of halogens is 1. The second-order valence-corrected chi connectivity index (χ2v) is 6.53. The lowest BCUT2D eigenvalue weighted by molar-refractivity contribution is -0.156. The van der Waals surface area contributed by atoms with Gasteiger partial charge >= 0.3 is 5.97 Å². The third kappa shape index (κ3) is 4.83. The van der Waals surface area contributed by atoms with Crippen molar-refractivity contribution < 1.29 is 14.3 Å². The summed E-state index contributed by atoms with van der Waals surface area (Å²) in [6.07, 6.45) is 4.89. The highest BCUT2D eigenvalue weighted by atomic mass is 79.9. The number of hydrogen-bond donors (Lipinski definition) is 1. The molecule has 1 amide bonds. The Morgan fingerprint density at radius 1 is 1.23 bits per heavy atom. The maximum atomic E-state index is 12.5. The summed E-state index contributed by atoms with van der Waals surface area (Å²) in [5.74, 6) is -0.595. The summed E-state index contributed by atoms with van der Waals surface area (Å²) in [6.45, 7) is 1.72. The Hall–Kier alpha value is -1.36. The van der Waals surface area contributed by atoms with E-state index in [4.69, 9.17) is 4.74 Å². The number of rotatable bonds is 5. The van der Waals surface area contributed by atoms with E-state index in [1.54, 1.807) is 19.1 Å². The first-order valence-corrected chi connectivity index (χ1v) is 8.64. The van der Waals surface area contributed by atoms with Gasteiger partial charge in [-0.2, -0.15) is 0 Å². The van der Waals surface area contributed by atoms with Crippen LogP contribution in [0.5, 0.6) is 0 Å². The van der Waals surface area contributed by atoms with Crippen LogP contribution >= 0.6 is 15.9 Å². The van der Waals surface area contributed by atoms with E-state index < -0.39 is 6.10 Å². The molecule has 1 unspecified atom stereocenters. The molecule has 1 aliphatic rings. The number of esters is 1. The predicted octanol–water partition coefficient (Wildman–Crippen LogP) is 3.89. The summed E-state index contributed by atoms with van der Waals surface area (Å²) in [5, 5.41) is 3.03. The number of ether oxygens (including phenoxy) is 1. The van der Waals surface area contributed by atoms with Crippen LogP contribution in [0.3, 0.4) is 0 Å². The van der Waals surface area contributed by atoms with Crippen molar-refractivity contribution in [3.63, 3.8) is 0 Å². The molecule has 1 fully saturated rings. The van der Waals surface area contributed by atoms with Gasteiger partial charge in [-0.3, -0.25) is 9.59 Å². The van der Waals surface area contributed by atoms with Crippen LogP contribution in [0.2, 0.25) is 0 Å². The highest BCUT2D eigenvalue weighted by Crippen LogP contribution is 2.23. The lowest BCUT2D eigenvalue weighted by atomic mass is 9.95. The SMILES string of the molecule is CCC(=O)OC(C(=O)NC1CCCCC1)c1ccc(Br)cc1. The van der Waals surface area contributed by atoms with E-state index in [9.17, 15) is 9.59 Å². The lowest BCUT2D eigenvalue weighted by Gasteiger charge is -2.25. The van der Waals surface area contributed by atoms with Crippen molar-refractivity contribution >= 4 is 27.8 Å². The van der Waals surface area contributed by atoms with E-state index in [1.807, 2.05) is 12.1 Å². The Labute approximate surface area is 139 Å². The topological polar surface area (TPSA) is 55.4 Å². The van der Waals surface area contributed by atoms with E-state index >= 15 is 0 Å². The molecule has 0 aromatic heterocycles. The van der Waals surface area contributed by atoms with Gasteiger partial charge in [-0.15, -0.1) is 0 Å². The smallest absolute Gasteiger partial charge is 0.306 e. The van der Waals surface area contributed by atoms with E-state index in [2.05, 4.69) is 21.2 Å². The zero-order chi connectivity index (χ0) is 15.9. The average Bonchev–Trinajstić information content (AvgIpc) is 2.54. The number of hydrogen-bond acceptors (Lipinski definition) is 3. The zero-order valence-corrected chi connectivity index (χ0v) is 14.4. The molecule has 1 aromatic rings. The minimum absolute atomic E-state index is 0.194. The molecule has 1 saturated carbocycles. The normalized spacial score (nSPS) is 16.8. The fourth-order valence-corrected chi connectivity index (χ4v) is 2.91. The highest BCUT2D eigenvalue weighted by molar-refractivity contribution is 9.10. The maximum absolute atomic E-state index is 12.5. The van der Waals surface area contributed by atoms with Crippen LogP contribution in [-0.2, 0) is 14.3 Å². The van der Waals surface area contributed by atoms with Gasteiger partial charge < -0.3 is 10.1 Å². The molecule has 1 aromatic carbocycles. The van der Waals surface area contributed by atoms with E-state index in [1.165, 1.54) is 6.42 Å². The van der Waals surface area contributed by atoms with E-state index in [0.717, 1.165) is 30.2 Å². The molecule has 1 N–H and O–H groups in total. The molecular formula is C17H22BrNO3. The van der Waals surface area contributed by atoms with Gasteiger partial charge in [0.15, 0.2) is 0 Å². The van der Waals surface area contributed by atoms with Crippen molar-refractivity contribution in [2.24, 2.45) is 0 Å². The first-order valence-electron chi connectivity index (χ1n) is 7.85. The third-order valence-corrected chi connectivity index (χ3v) is 4.43. The molecule has 0 spiro atoms. The minimum Gasteiger partial charge on any atom is -0.447 e. The van der Waals surface area contributed by atoms with Crippen LogP contribution in [-0.4, -0.2) is 17.9 Å². The van der Waals surface area contributed by atoms with E-state index in [-0.39, 0.29) is 24.3 Å². The molecule has 0 radical (unpaired) electrons. The van der Waals surface area contributed by atoms with Gasteiger partial charge in [0.2, 0.25) is 6.10 Å². The molecule has 1 aliphatic carbocycles. The van der Waals surface area contributed by atoms with Gasteiger partial charge in [0.05, 0.1) is 0 Å². The summed E-state index contributed by atoms with van der Waals surface area (Å²) < 4.78 is 6.28. The molecule has 0 bridgehead atoms. The van der Waals surface area contributed by atoms with Gasteiger partial charge in [0.1, 0.15) is 0 Å². The van der Waals surface area contributed by atoms with Crippen molar-refractivity contribution in [2.75, 3.05) is 0 Å². The first-order chi connectivity index (χ1) is 10.6. The van der Waals surface area contributed by atoms with Crippen molar-refractivity contribution in [2.45, 2.75) is 57.6 Å². The van der Waals surface area contributed by atoms with Gasteiger partial charge in [0, 0.05) is 22.5 Å². The quantitative estimate of drug-likeness (QED) is 0.803. The van der Waals surface area contributed by atoms with Crippen molar-refractivity contribution in [1.29, 1.82) is 0 Å². The third-order valence-electron chi connectivity index (χ3n) is 3.90. The Morgan fingerprint density at radius 2 is 1.86 bits per heavy atom. The molecule has 0 aliphatic heterocycles. The molecule has 120 valence electrons. The minimum atomic E-state index is -0.873. The number of carbonyl (C=O) groups excluding carboxylic acids is 2. The monoisotopic (exact) mass is 367 g/mol. The molecule has 2 rings (SSSR count). The molecule has 0 heterocycles. The average molecular weight is 368 g/mol.